The van der Waals surface area contributed by atoms with Crippen molar-refractivity contribution in [2.45, 2.75) is 30.2 Å². The lowest BCUT2D eigenvalue weighted by atomic mass is 10.2. The van der Waals surface area contributed by atoms with Gasteiger partial charge in [-0.15, -0.1) is 12.4 Å². The first-order valence-corrected chi connectivity index (χ1v) is 10.2. The number of rotatable bonds is 5. The molecular weight excluding hydrogens is 401 g/mol. The summed E-state index contributed by atoms with van der Waals surface area (Å²) in [7, 11) is -3.64. The predicted molar refractivity (Wildman–Crippen MR) is 103 cm³/mol. The largest absolute Gasteiger partial charge is 0.378 e. The molecule has 2 heterocycles. The van der Waals surface area contributed by atoms with E-state index in [-0.39, 0.29) is 40.7 Å². The Morgan fingerprint density at radius 2 is 2.08 bits per heavy atom. The number of morpholine rings is 1. The third kappa shape index (κ3) is 5.09. The van der Waals surface area contributed by atoms with Gasteiger partial charge >= 0.3 is 0 Å². The van der Waals surface area contributed by atoms with E-state index in [9.17, 15) is 13.2 Å². The Hall–Kier alpha value is -0.900. The summed E-state index contributed by atoms with van der Waals surface area (Å²) in [6, 6.07) is 4.50. The minimum atomic E-state index is -3.64. The molecule has 1 unspecified atom stereocenters. The highest BCUT2D eigenvalue weighted by Gasteiger charge is 2.29. The fourth-order valence-corrected chi connectivity index (χ4v) is 5.05. The van der Waals surface area contributed by atoms with Crippen molar-refractivity contribution >= 4 is 45.6 Å². The summed E-state index contributed by atoms with van der Waals surface area (Å²) >= 11 is 6.11. The molecule has 1 aromatic carbocycles. The van der Waals surface area contributed by atoms with E-state index in [1.54, 1.807) is 6.07 Å². The van der Waals surface area contributed by atoms with Gasteiger partial charge in [-0.1, -0.05) is 11.6 Å². The number of hydrogen-bond donors (Lipinski definition) is 2. The molecule has 0 aromatic heterocycles. The third-order valence-corrected chi connectivity index (χ3v) is 6.71. The molecule has 2 fully saturated rings. The maximum Gasteiger partial charge on any atom is 0.244 e. The van der Waals surface area contributed by atoms with Crippen molar-refractivity contribution in [1.82, 2.24) is 9.62 Å². The van der Waals surface area contributed by atoms with Crippen LogP contribution in [-0.4, -0.2) is 57.5 Å². The number of nitrogens with one attached hydrogen (secondary N) is 2. The second-order valence-electron chi connectivity index (χ2n) is 6.23. The van der Waals surface area contributed by atoms with E-state index < -0.39 is 10.0 Å². The summed E-state index contributed by atoms with van der Waals surface area (Å²) < 4.78 is 32.2. The number of hydrogen-bond acceptors (Lipinski definition) is 5. The van der Waals surface area contributed by atoms with Crippen molar-refractivity contribution in [1.29, 1.82) is 0 Å². The summed E-state index contributed by atoms with van der Waals surface area (Å²) in [5.74, 6) is -0.199. The Bertz CT molecular complexity index is 733. The second kappa shape index (κ2) is 9.34. The van der Waals surface area contributed by atoms with Gasteiger partial charge in [-0.2, -0.15) is 4.31 Å². The van der Waals surface area contributed by atoms with Crippen LogP contribution >= 0.6 is 24.0 Å². The molecule has 0 aliphatic carbocycles. The summed E-state index contributed by atoms with van der Waals surface area (Å²) in [6.07, 6.45) is 1.96. The Kier molecular flexibility index (Phi) is 7.69. The lowest BCUT2D eigenvalue weighted by Crippen LogP contribution is -2.43. The lowest BCUT2D eigenvalue weighted by Gasteiger charge is -2.23. The number of benzene rings is 1. The van der Waals surface area contributed by atoms with Gasteiger partial charge in [0.2, 0.25) is 15.9 Å². The number of carbonyl (C=O) groups is 1. The minimum Gasteiger partial charge on any atom is -0.378 e. The predicted octanol–water partition coefficient (Wildman–Crippen LogP) is 1.86. The average Bonchev–Trinajstić information content (AvgIpc) is 3.13. The molecule has 3 rings (SSSR count). The van der Waals surface area contributed by atoms with Gasteiger partial charge in [0.05, 0.1) is 18.2 Å². The number of amides is 1. The van der Waals surface area contributed by atoms with Crippen LogP contribution in [0.5, 0.6) is 0 Å². The topological polar surface area (TPSA) is 87.7 Å². The van der Waals surface area contributed by atoms with Gasteiger partial charge in [-0.05, 0) is 31.0 Å². The van der Waals surface area contributed by atoms with Crippen LogP contribution in [0.15, 0.2) is 23.1 Å². The molecule has 0 saturated carbocycles. The number of anilines is 1. The highest BCUT2D eigenvalue weighted by Crippen LogP contribution is 2.29. The van der Waals surface area contributed by atoms with Crippen molar-refractivity contribution in [3.05, 3.63) is 23.2 Å². The van der Waals surface area contributed by atoms with Gasteiger partial charge in [-0.3, -0.25) is 4.79 Å². The molecule has 0 spiro atoms. The van der Waals surface area contributed by atoms with Crippen molar-refractivity contribution in [3.8, 4) is 0 Å². The first kappa shape index (κ1) is 21.4. The van der Waals surface area contributed by atoms with E-state index in [1.165, 1.54) is 16.4 Å². The van der Waals surface area contributed by atoms with Crippen LogP contribution in [-0.2, 0) is 19.6 Å². The van der Waals surface area contributed by atoms with Crippen LogP contribution in [0.2, 0.25) is 5.02 Å². The Morgan fingerprint density at radius 3 is 2.73 bits per heavy atom. The van der Waals surface area contributed by atoms with Crippen LogP contribution in [0.4, 0.5) is 5.69 Å². The zero-order valence-corrected chi connectivity index (χ0v) is 16.6. The molecule has 2 aliphatic heterocycles. The van der Waals surface area contributed by atoms with Gasteiger partial charge in [0, 0.05) is 37.8 Å². The van der Waals surface area contributed by atoms with Gasteiger partial charge in [0.25, 0.3) is 0 Å². The fourth-order valence-electron chi connectivity index (χ4n) is 3.03. The van der Waals surface area contributed by atoms with Crippen molar-refractivity contribution in [3.63, 3.8) is 0 Å². The molecular formula is C16H23Cl2N3O4S. The average molecular weight is 424 g/mol. The molecule has 146 valence electrons. The van der Waals surface area contributed by atoms with Crippen LogP contribution in [0.25, 0.3) is 0 Å². The van der Waals surface area contributed by atoms with Gasteiger partial charge in [0.15, 0.2) is 0 Å². The monoisotopic (exact) mass is 423 g/mol. The molecule has 0 bridgehead atoms. The van der Waals surface area contributed by atoms with Gasteiger partial charge in [0.1, 0.15) is 4.90 Å². The first-order chi connectivity index (χ1) is 12.0. The van der Waals surface area contributed by atoms with Gasteiger partial charge in [-0.25, -0.2) is 8.42 Å². The lowest BCUT2D eigenvalue weighted by molar-refractivity contribution is -0.117. The molecule has 0 radical (unpaired) electrons. The van der Waals surface area contributed by atoms with Gasteiger partial charge < -0.3 is 15.4 Å². The number of nitrogens with zero attached hydrogens (tertiary/aromatic N) is 1. The Labute approximate surface area is 164 Å². The van der Waals surface area contributed by atoms with E-state index in [1.807, 2.05) is 0 Å². The van der Waals surface area contributed by atoms with Crippen LogP contribution in [0, 0.1) is 0 Å². The maximum absolute atomic E-state index is 12.7. The second-order valence-corrected chi connectivity index (χ2v) is 8.55. The molecule has 2 aliphatic rings. The molecule has 1 aromatic rings. The van der Waals surface area contributed by atoms with Crippen LogP contribution in [0.1, 0.15) is 19.3 Å². The molecule has 7 nitrogen and oxygen atoms in total. The molecule has 1 atom stereocenters. The summed E-state index contributed by atoms with van der Waals surface area (Å²) in [5, 5.41) is 6.11. The zero-order valence-electron chi connectivity index (χ0n) is 14.2. The quantitative estimate of drug-likeness (QED) is 0.754. The fraction of sp³-hybridized carbons (Fsp3) is 0.562. The smallest absolute Gasteiger partial charge is 0.244 e. The number of carbonyl (C=O) groups excluding carboxylic acids is 1. The van der Waals surface area contributed by atoms with E-state index in [4.69, 9.17) is 16.3 Å². The summed E-state index contributed by atoms with van der Waals surface area (Å²) in [6.45, 7) is 2.86. The van der Waals surface area contributed by atoms with Crippen LogP contribution < -0.4 is 10.6 Å². The maximum atomic E-state index is 12.7. The minimum absolute atomic E-state index is 0. The normalized spacial score (nSPS) is 21.2. The number of ether oxygens (including phenoxy) is 1. The standard InChI is InChI=1S/C16H22ClN3O4S.ClH/c17-14-4-3-12(19-16(21)10-13-11-24-8-5-18-13)9-15(14)25(22,23)20-6-1-2-7-20;/h3-4,9,13,18H,1-2,5-8,10-11H2,(H,19,21);1H. The van der Waals surface area contributed by atoms with Crippen molar-refractivity contribution in [2.75, 3.05) is 38.2 Å². The SMILES string of the molecule is Cl.O=C(CC1COCCN1)Nc1ccc(Cl)c(S(=O)(=O)N2CCCC2)c1. The van der Waals surface area contributed by atoms with E-state index >= 15 is 0 Å². The Balaban J connectivity index is 0.00000243. The highest BCUT2D eigenvalue weighted by atomic mass is 35.5. The number of sulfonamides is 1. The molecule has 2 N–H and O–H groups in total. The first-order valence-electron chi connectivity index (χ1n) is 8.37. The van der Waals surface area contributed by atoms with Crippen LogP contribution in [0.3, 0.4) is 0 Å². The number of halogens is 2. The summed E-state index contributed by atoms with van der Waals surface area (Å²) in [4.78, 5) is 12.2. The zero-order chi connectivity index (χ0) is 17.9. The van der Waals surface area contributed by atoms with E-state index in [0.717, 1.165) is 19.4 Å². The van der Waals surface area contributed by atoms with Crippen molar-refractivity contribution in [2.24, 2.45) is 0 Å². The summed E-state index contributed by atoms with van der Waals surface area (Å²) in [5.41, 5.74) is 0.420. The molecule has 2 saturated heterocycles. The van der Waals surface area contributed by atoms with Crippen molar-refractivity contribution < 1.29 is 17.9 Å². The molecule has 26 heavy (non-hydrogen) atoms. The molecule has 1 amide bonds. The highest BCUT2D eigenvalue weighted by molar-refractivity contribution is 7.89. The van der Waals surface area contributed by atoms with E-state index in [0.29, 0.717) is 32.0 Å². The Morgan fingerprint density at radius 1 is 1.35 bits per heavy atom. The molecule has 10 heteroatoms. The van der Waals surface area contributed by atoms with E-state index in [2.05, 4.69) is 10.6 Å². The third-order valence-electron chi connectivity index (χ3n) is 4.33.